The number of carboxylic acids is 1. The third-order valence-electron chi connectivity index (χ3n) is 18.3. The van der Waals surface area contributed by atoms with Crippen molar-refractivity contribution in [3.8, 4) is 0 Å². The Hall–Kier alpha value is -11.7. The number of nitrogens with one attached hydrogen (secondary N) is 10. The number of nitrogens with zero attached hydrogens (tertiary/aromatic N) is 7. The van der Waals surface area contributed by atoms with E-state index in [0.717, 1.165) is 0 Å². The molecular formula is C67H124N32O16. The number of primary amides is 2. The quantitative estimate of drug-likeness (QED) is 0.0153. The molecule has 2 aliphatic heterocycles. The highest BCUT2D eigenvalue weighted by molar-refractivity contribution is 6.00. The number of aliphatic carboxylic acids is 1. The summed E-state index contributed by atoms with van der Waals surface area (Å²) in [6.45, 7) is 1.07. The number of unbranched alkanes of at least 4 members (excludes halogenated alkanes) is 2. The van der Waals surface area contributed by atoms with Crippen LogP contribution in [0.1, 0.15) is 161 Å². The standard InChI is InChI=1S/C67H124N32O16/c1-36(88-52(104)38(13-2-4-26-68)91-54(106)39(14-3-5-27-69)92-53(105)37(89-50(102)35-70)15-6-28-83-63(73)74)51(103)90-40(16-7-29-84-64(75)76)55(107)95-43(22-24-48(71)100)58(110)94-41(17-8-30-85-65(77)78)56(108)93-42(18-9-31-86-66(79)80)57(109)96-44(19-10-32-87-67(81)82)60(112)99-34-12-21-47(99)61(113)98-33-11-20-46(98)59(111)97-45(62(114)115)23-25-49(72)101/h36-47H,2-35,68-70H2,1H3,(H2,71,100)(H2,72,101)(H,88,104)(H,89,102)(H,90,103)(H,91,106)(H,92,105)(H,93,108)(H,94,110)(H,95,107)(H,96,109)(H,97,111)(H,114,115)(H4,73,74,83)(H4,75,76,84)(H4,77,78,85)(H4,79,80,86)(H4,81,82,87)/t36-,37-,38-,39-,40-,41-,42-,43-,44-,45-,46-,47-/m0/s1. The van der Waals surface area contributed by atoms with Gasteiger partial charge in [0.25, 0.3) is 0 Å². The van der Waals surface area contributed by atoms with E-state index >= 15 is 0 Å². The van der Waals surface area contributed by atoms with Crippen molar-refractivity contribution in [2.45, 2.75) is 234 Å². The van der Waals surface area contributed by atoms with E-state index < -0.39 is 181 Å². The van der Waals surface area contributed by atoms with Gasteiger partial charge in [-0.2, -0.15) is 0 Å². The molecule has 0 aliphatic carbocycles. The van der Waals surface area contributed by atoms with Gasteiger partial charge in [-0.15, -0.1) is 0 Å². The first-order valence-electron chi connectivity index (χ1n) is 38.2. The number of amides is 14. The molecule has 0 aromatic heterocycles. The Kier molecular flexibility index (Phi) is 46.7. The number of carboxylic acid groups (broad SMARTS) is 1. The van der Waals surface area contributed by atoms with E-state index in [1.165, 1.54) is 16.7 Å². The molecule has 0 aromatic carbocycles. The maximum absolute atomic E-state index is 14.9. The number of nitrogens with two attached hydrogens (primary N) is 15. The lowest BCUT2D eigenvalue weighted by molar-refractivity contribution is -0.149. The average Bonchev–Trinajstić information content (AvgIpc) is 1.68. The number of hydrogen-bond donors (Lipinski definition) is 26. The Morgan fingerprint density at radius 1 is 0.348 bits per heavy atom. The van der Waals surface area contributed by atoms with Crippen LogP contribution in [0.2, 0.25) is 0 Å². The highest BCUT2D eigenvalue weighted by Gasteiger charge is 2.45. The molecule has 648 valence electrons. The molecule has 0 aromatic rings. The Balaban J connectivity index is 2.64. The van der Waals surface area contributed by atoms with Crippen LogP contribution in [0.4, 0.5) is 0 Å². The normalized spacial score (nSPS) is 16.1. The van der Waals surface area contributed by atoms with Crippen LogP contribution >= 0.6 is 0 Å². The Morgan fingerprint density at radius 2 is 0.643 bits per heavy atom. The minimum atomic E-state index is -1.74. The number of carbonyl (C=O) groups is 15. The fourth-order valence-corrected chi connectivity index (χ4v) is 12.3. The van der Waals surface area contributed by atoms with Crippen LogP contribution in [0.5, 0.6) is 0 Å². The van der Waals surface area contributed by atoms with Gasteiger partial charge in [0.15, 0.2) is 29.8 Å². The lowest BCUT2D eigenvalue weighted by atomic mass is 10.0. The van der Waals surface area contributed by atoms with Crippen LogP contribution in [0.25, 0.3) is 0 Å². The molecule has 2 saturated heterocycles. The van der Waals surface area contributed by atoms with Crippen LogP contribution in [0.3, 0.4) is 0 Å². The number of aliphatic imine (C=N–C) groups is 5. The van der Waals surface area contributed by atoms with Gasteiger partial charge < -0.3 is 154 Å². The van der Waals surface area contributed by atoms with Crippen LogP contribution in [-0.4, -0.2) is 271 Å². The molecule has 2 aliphatic rings. The molecule has 2 rings (SSSR count). The van der Waals surface area contributed by atoms with E-state index in [0.29, 0.717) is 32.1 Å². The van der Waals surface area contributed by atoms with Crippen LogP contribution in [0.15, 0.2) is 25.0 Å². The molecule has 2 heterocycles. The summed E-state index contributed by atoms with van der Waals surface area (Å²) in [6, 6.07) is -17.1. The summed E-state index contributed by atoms with van der Waals surface area (Å²) >= 11 is 0. The molecule has 41 N–H and O–H groups in total. The predicted octanol–water partition coefficient (Wildman–Crippen LogP) is -12.1. The van der Waals surface area contributed by atoms with Gasteiger partial charge in [-0.1, -0.05) is 0 Å². The van der Waals surface area contributed by atoms with Crippen molar-refractivity contribution in [3.05, 3.63) is 0 Å². The van der Waals surface area contributed by atoms with E-state index in [2.05, 4.69) is 78.1 Å². The number of rotatable bonds is 57. The van der Waals surface area contributed by atoms with Gasteiger partial charge in [0.2, 0.25) is 82.7 Å². The van der Waals surface area contributed by atoms with E-state index in [9.17, 15) is 77.0 Å². The lowest BCUT2D eigenvalue weighted by Crippen LogP contribution is -2.60. The predicted molar refractivity (Wildman–Crippen MR) is 423 cm³/mol. The summed E-state index contributed by atoms with van der Waals surface area (Å²) < 4.78 is 0. The first-order valence-corrected chi connectivity index (χ1v) is 38.2. The van der Waals surface area contributed by atoms with Crippen molar-refractivity contribution in [2.75, 3.05) is 65.4 Å². The van der Waals surface area contributed by atoms with Gasteiger partial charge in [0, 0.05) is 58.7 Å². The third kappa shape index (κ3) is 39.5. The molecule has 48 heteroatoms. The Labute approximate surface area is 666 Å². The molecule has 115 heavy (non-hydrogen) atoms. The summed E-state index contributed by atoms with van der Waals surface area (Å²) in [5, 5.41) is 35.6. The van der Waals surface area contributed by atoms with E-state index in [1.54, 1.807) is 0 Å². The van der Waals surface area contributed by atoms with Gasteiger partial charge in [0.05, 0.1) is 6.54 Å². The summed E-state index contributed by atoms with van der Waals surface area (Å²) in [6.07, 6.45) is -0.0273. The second kappa shape index (κ2) is 54.1. The smallest absolute Gasteiger partial charge is 0.326 e. The summed E-state index contributed by atoms with van der Waals surface area (Å²) in [5.74, 6) is -15.1. The fourth-order valence-electron chi connectivity index (χ4n) is 12.3. The second-order valence-electron chi connectivity index (χ2n) is 27.6. The number of hydrogen-bond acceptors (Lipinski definition) is 23. The topological polar surface area (TPSA) is 855 Å². The largest absolute Gasteiger partial charge is 0.480 e. The van der Waals surface area contributed by atoms with Gasteiger partial charge in [-0.05, 0) is 161 Å². The van der Waals surface area contributed by atoms with Crippen molar-refractivity contribution in [1.29, 1.82) is 0 Å². The highest BCUT2D eigenvalue weighted by atomic mass is 16.4. The second-order valence-corrected chi connectivity index (χ2v) is 27.6. The van der Waals surface area contributed by atoms with E-state index in [1.807, 2.05) is 0 Å². The molecular weight excluding hydrogens is 1510 g/mol. The highest BCUT2D eigenvalue weighted by Crippen LogP contribution is 2.27. The van der Waals surface area contributed by atoms with Gasteiger partial charge >= 0.3 is 5.97 Å². The first-order chi connectivity index (χ1) is 54.4. The lowest BCUT2D eigenvalue weighted by Gasteiger charge is -2.33. The van der Waals surface area contributed by atoms with E-state index in [4.69, 9.17) is 86.0 Å². The number of likely N-dealkylation sites (tertiary alicyclic amines) is 2. The SMILES string of the molecule is C[C@H](NC(=O)[C@H](CCCCN)NC(=O)[C@H](CCCCN)NC(=O)[C@H](CCCN=C(N)N)NC(=O)CN)C(=O)N[C@@H](CCCN=C(N)N)C(=O)N[C@@H](CCC(N)=O)C(=O)N[C@@H](CCCN=C(N)N)C(=O)N[C@@H](CCCN=C(N)N)C(=O)N[C@@H](CCCN=C(N)N)C(=O)N1CCC[C@H]1C(=O)N1CCC[C@H]1C(=O)N[C@@H](CCC(N)=O)C(=O)O. The van der Waals surface area contributed by atoms with Gasteiger partial charge in [0.1, 0.15) is 72.5 Å². The zero-order valence-corrected chi connectivity index (χ0v) is 65.3. The molecule has 2 fully saturated rings. The van der Waals surface area contributed by atoms with Crippen molar-refractivity contribution in [1.82, 2.24) is 63.0 Å². The molecule has 0 radical (unpaired) electrons. The Morgan fingerprint density at radius 3 is 0.983 bits per heavy atom. The maximum Gasteiger partial charge on any atom is 0.326 e. The van der Waals surface area contributed by atoms with Crippen LogP contribution in [-0.2, 0) is 71.9 Å². The molecule has 0 bridgehead atoms. The van der Waals surface area contributed by atoms with Crippen LogP contribution < -0.4 is 139 Å². The monoisotopic (exact) mass is 1630 g/mol. The molecule has 0 saturated carbocycles. The summed E-state index contributed by atoms with van der Waals surface area (Å²) in [5.41, 5.74) is 83.6. The fraction of sp³-hybridized carbons (Fsp3) is 0.701. The number of guanidine groups is 5. The minimum absolute atomic E-state index is 0.00145. The van der Waals surface area contributed by atoms with E-state index in [-0.39, 0.29) is 198 Å². The summed E-state index contributed by atoms with van der Waals surface area (Å²) in [4.78, 5) is 229. The molecule has 0 unspecified atom stereocenters. The molecule has 48 nitrogen and oxygen atoms in total. The van der Waals surface area contributed by atoms with Crippen molar-refractivity contribution in [3.63, 3.8) is 0 Å². The summed E-state index contributed by atoms with van der Waals surface area (Å²) in [7, 11) is 0. The number of carbonyl (C=O) groups excluding carboxylic acids is 14. The maximum atomic E-state index is 14.9. The molecule has 12 atom stereocenters. The van der Waals surface area contributed by atoms with Gasteiger partial charge in [-0.3, -0.25) is 92.1 Å². The molecule has 0 spiro atoms. The van der Waals surface area contributed by atoms with Crippen molar-refractivity contribution in [2.24, 2.45) is 111 Å². The average molecular weight is 1630 g/mol. The zero-order valence-electron chi connectivity index (χ0n) is 65.3. The van der Waals surface area contributed by atoms with Crippen molar-refractivity contribution < 1.29 is 77.0 Å². The minimum Gasteiger partial charge on any atom is -0.480 e. The molecule has 14 amide bonds. The van der Waals surface area contributed by atoms with Gasteiger partial charge in [-0.25, -0.2) is 4.79 Å². The van der Waals surface area contributed by atoms with Crippen LogP contribution in [0, 0.1) is 0 Å². The van der Waals surface area contributed by atoms with Crippen molar-refractivity contribution >= 4 is 118 Å². The first kappa shape index (κ1) is 99.4. The third-order valence-corrected chi connectivity index (χ3v) is 18.3. The zero-order chi connectivity index (χ0) is 86.3. The Bertz CT molecular complexity index is 3400.